The number of carboxylic acids is 1. The molecular weight excluding hydrogens is 586 g/mol. The van der Waals surface area contributed by atoms with Gasteiger partial charge >= 0.3 is 18.2 Å². The fourth-order valence-electron chi connectivity index (χ4n) is 4.63. The van der Waals surface area contributed by atoms with E-state index in [1.807, 2.05) is 33.9 Å². The van der Waals surface area contributed by atoms with Crippen LogP contribution in [0.15, 0.2) is 54.6 Å². The molecule has 240 valence electrons. The SMILES string of the molecule is CC(C)(C)OC(=O)N1C[C@H](O[Si](C)(C)C(C)(C)C)C(C(=O)O)[C@H]1CN(C(=O)OCc1ccc([N+](=O)[O-])cc1)c1ccccc1. The van der Waals surface area contributed by atoms with E-state index in [2.05, 4.69) is 0 Å². The first-order chi connectivity index (χ1) is 20.3. The van der Waals surface area contributed by atoms with Gasteiger partial charge in [-0.05, 0) is 68.7 Å². The van der Waals surface area contributed by atoms with Gasteiger partial charge in [-0.2, -0.15) is 0 Å². The molecule has 3 rings (SSSR count). The largest absolute Gasteiger partial charge is 0.481 e. The number of amides is 2. The van der Waals surface area contributed by atoms with Gasteiger partial charge in [-0.3, -0.25) is 24.7 Å². The summed E-state index contributed by atoms with van der Waals surface area (Å²) in [5.74, 6) is -2.32. The van der Waals surface area contributed by atoms with E-state index in [4.69, 9.17) is 13.9 Å². The molecule has 2 amide bonds. The van der Waals surface area contributed by atoms with Crippen LogP contribution in [0.3, 0.4) is 0 Å². The number of carboxylic acid groups (broad SMARTS) is 1. The summed E-state index contributed by atoms with van der Waals surface area (Å²) in [6.07, 6.45) is -2.32. The zero-order valence-electron chi connectivity index (χ0n) is 26.6. The van der Waals surface area contributed by atoms with Crippen LogP contribution in [0.2, 0.25) is 18.1 Å². The van der Waals surface area contributed by atoms with E-state index in [0.29, 0.717) is 11.3 Å². The highest BCUT2D eigenvalue weighted by Gasteiger charge is 2.53. The van der Waals surface area contributed by atoms with Gasteiger partial charge in [0.05, 0.1) is 30.2 Å². The number of nitro groups is 1. The maximum atomic E-state index is 13.6. The second kappa shape index (κ2) is 13.3. The first kappa shape index (κ1) is 34.5. The van der Waals surface area contributed by atoms with Gasteiger partial charge in [0.15, 0.2) is 8.32 Å². The van der Waals surface area contributed by atoms with E-state index < -0.39 is 55.1 Å². The molecular formula is C31H43N3O9Si. The molecule has 44 heavy (non-hydrogen) atoms. The van der Waals surface area contributed by atoms with E-state index in [0.717, 1.165) is 0 Å². The number of benzene rings is 2. The lowest BCUT2D eigenvalue weighted by Crippen LogP contribution is -2.51. The van der Waals surface area contributed by atoms with Gasteiger partial charge in [0, 0.05) is 17.8 Å². The number of aliphatic carboxylic acids is 1. The average molecular weight is 630 g/mol. The summed E-state index contributed by atoms with van der Waals surface area (Å²) in [5.41, 5.74) is 0.0213. The number of hydrogen-bond acceptors (Lipinski definition) is 8. The monoisotopic (exact) mass is 629 g/mol. The molecule has 12 nitrogen and oxygen atoms in total. The van der Waals surface area contributed by atoms with Crippen LogP contribution in [0.5, 0.6) is 0 Å². The van der Waals surface area contributed by atoms with Crippen LogP contribution in [0.1, 0.15) is 47.1 Å². The van der Waals surface area contributed by atoms with Crippen molar-refractivity contribution >= 4 is 37.8 Å². The van der Waals surface area contributed by atoms with Crippen LogP contribution >= 0.6 is 0 Å². The number of nitrogens with zero attached hydrogens (tertiary/aromatic N) is 3. The van der Waals surface area contributed by atoms with Crippen LogP contribution in [0.25, 0.3) is 0 Å². The van der Waals surface area contributed by atoms with Gasteiger partial charge in [-0.1, -0.05) is 39.0 Å². The van der Waals surface area contributed by atoms with Crippen LogP contribution in [0.4, 0.5) is 21.0 Å². The Morgan fingerprint density at radius 3 is 2.11 bits per heavy atom. The Balaban J connectivity index is 1.98. The third-order valence-electron chi connectivity index (χ3n) is 7.92. The molecule has 1 saturated heterocycles. The predicted molar refractivity (Wildman–Crippen MR) is 167 cm³/mol. The highest BCUT2D eigenvalue weighted by molar-refractivity contribution is 6.74. The Hall–Kier alpha value is -3.97. The molecule has 2 aromatic carbocycles. The molecule has 1 aliphatic heterocycles. The Labute approximate surface area is 259 Å². The molecule has 1 aliphatic rings. The summed E-state index contributed by atoms with van der Waals surface area (Å²) in [4.78, 5) is 53.1. The molecule has 1 fully saturated rings. The first-order valence-electron chi connectivity index (χ1n) is 14.4. The van der Waals surface area contributed by atoms with Crippen molar-refractivity contribution in [1.82, 2.24) is 4.90 Å². The summed E-state index contributed by atoms with van der Waals surface area (Å²) < 4.78 is 17.8. The van der Waals surface area contributed by atoms with Crippen molar-refractivity contribution in [1.29, 1.82) is 0 Å². The van der Waals surface area contributed by atoms with Gasteiger partial charge in [0.25, 0.3) is 5.69 Å². The fourth-order valence-corrected chi connectivity index (χ4v) is 5.97. The molecule has 1 N–H and O–H groups in total. The Morgan fingerprint density at radius 2 is 1.61 bits per heavy atom. The lowest BCUT2D eigenvalue weighted by atomic mass is 9.97. The Morgan fingerprint density at radius 1 is 1.02 bits per heavy atom. The zero-order valence-corrected chi connectivity index (χ0v) is 27.6. The summed E-state index contributed by atoms with van der Waals surface area (Å²) in [6.45, 7) is 14.9. The number of nitro benzene ring substituents is 1. The predicted octanol–water partition coefficient (Wildman–Crippen LogP) is 6.45. The van der Waals surface area contributed by atoms with E-state index >= 15 is 0 Å². The fraction of sp³-hybridized carbons (Fsp3) is 0.516. The molecule has 1 heterocycles. The zero-order chi connectivity index (χ0) is 33.0. The number of non-ortho nitro benzene ring substituents is 1. The third kappa shape index (κ3) is 8.56. The van der Waals surface area contributed by atoms with Gasteiger partial charge in [-0.25, -0.2) is 9.59 Å². The van der Waals surface area contributed by atoms with Crippen molar-refractivity contribution in [2.45, 2.75) is 84.0 Å². The van der Waals surface area contributed by atoms with E-state index in [9.17, 15) is 29.6 Å². The topological polar surface area (TPSA) is 149 Å². The second-order valence-corrected chi connectivity index (χ2v) is 18.2. The van der Waals surface area contributed by atoms with Gasteiger partial charge in [0.1, 0.15) is 18.1 Å². The third-order valence-corrected chi connectivity index (χ3v) is 12.4. The molecule has 1 unspecified atom stereocenters. The number of para-hydroxylation sites is 1. The lowest BCUT2D eigenvalue weighted by Gasteiger charge is -2.39. The number of rotatable bonds is 9. The minimum absolute atomic E-state index is 0.0243. The molecule has 0 radical (unpaired) electrons. The van der Waals surface area contributed by atoms with E-state index in [1.54, 1.807) is 51.1 Å². The molecule has 0 bridgehead atoms. The van der Waals surface area contributed by atoms with Crippen molar-refractivity contribution in [2.24, 2.45) is 5.92 Å². The Kier molecular flexibility index (Phi) is 10.5. The highest BCUT2D eigenvalue weighted by Crippen LogP contribution is 2.41. The van der Waals surface area contributed by atoms with Gasteiger partial charge in [-0.15, -0.1) is 0 Å². The smallest absolute Gasteiger partial charge is 0.414 e. The van der Waals surface area contributed by atoms with E-state index in [1.165, 1.54) is 34.1 Å². The highest BCUT2D eigenvalue weighted by atomic mass is 28.4. The van der Waals surface area contributed by atoms with Crippen LogP contribution in [-0.4, -0.2) is 72.2 Å². The lowest BCUT2D eigenvalue weighted by molar-refractivity contribution is -0.384. The van der Waals surface area contributed by atoms with Crippen molar-refractivity contribution in [3.05, 3.63) is 70.3 Å². The van der Waals surface area contributed by atoms with Crippen molar-refractivity contribution < 1.29 is 38.3 Å². The quantitative estimate of drug-likeness (QED) is 0.188. The molecule has 0 saturated carbocycles. The summed E-state index contributed by atoms with van der Waals surface area (Å²) in [6, 6.07) is 13.2. The molecule has 0 aliphatic carbocycles. The average Bonchev–Trinajstić information content (AvgIpc) is 3.27. The molecule has 13 heteroatoms. The van der Waals surface area contributed by atoms with Crippen LogP contribution in [0, 0.1) is 16.0 Å². The normalized spacial score (nSPS) is 18.9. The maximum Gasteiger partial charge on any atom is 0.414 e. The molecule has 0 aromatic heterocycles. The van der Waals surface area contributed by atoms with Crippen molar-refractivity contribution in [3.63, 3.8) is 0 Å². The summed E-state index contributed by atoms with van der Waals surface area (Å²) in [7, 11) is -2.47. The standard InChI is InChI=1S/C31H43N3O9Si/c1-30(2,3)42-29(38)33-19-25(43-44(7,8)31(4,5)6)26(27(35)36)24(33)18-32(22-12-10-9-11-13-22)28(37)41-20-21-14-16-23(17-15-21)34(39)40/h9-17,24-26H,18-20H2,1-8H3,(H,35,36)/t24-,25+,26?/m1/s1. The number of anilines is 1. The van der Waals surface area contributed by atoms with Crippen LogP contribution < -0.4 is 4.90 Å². The van der Waals surface area contributed by atoms with Gasteiger partial charge < -0.3 is 19.0 Å². The maximum absolute atomic E-state index is 13.6. The summed E-state index contributed by atoms with van der Waals surface area (Å²) >= 11 is 0. The molecule has 2 aromatic rings. The number of hydrogen-bond donors (Lipinski definition) is 1. The van der Waals surface area contributed by atoms with E-state index in [-0.39, 0.29) is 30.4 Å². The molecule has 0 spiro atoms. The summed E-state index contributed by atoms with van der Waals surface area (Å²) in [5, 5.41) is 21.3. The molecule has 3 atom stereocenters. The van der Waals surface area contributed by atoms with Crippen molar-refractivity contribution in [2.75, 3.05) is 18.0 Å². The van der Waals surface area contributed by atoms with Crippen molar-refractivity contribution in [3.8, 4) is 0 Å². The number of ether oxygens (including phenoxy) is 2. The second-order valence-electron chi connectivity index (χ2n) is 13.4. The van der Waals surface area contributed by atoms with Crippen LogP contribution in [-0.2, 0) is 25.3 Å². The number of carbonyl (C=O) groups excluding carboxylic acids is 2. The Bertz CT molecular complexity index is 1340. The first-order valence-corrected chi connectivity index (χ1v) is 17.3. The number of carbonyl (C=O) groups is 3. The number of likely N-dealkylation sites (tertiary alicyclic amines) is 1. The van der Waals surface area contributed by atoms with Gasteiger partial charge in [0.2, 0.25) is 0 Å². The minimum atomic E-state index is -2.47. The minimum Gasteiger partial charge on any atom is -0.481 e.